The molecule has 0 spiro atoms. The highest BCUT2D eigenvalue weighted by atomic mass is 32.2. The van der Waals surface area contributed by atoms with Gasteiger partial charge in [-0.3, -0.25) is 38.5 Å². The van der Waals surface area contributed by atoms with Crippen LogP contribution in [0.4, 0.5) is 4.79 Å². The van der Waals surface area contributed by atoms with Gasteiger partial charge >= 0.3 is 12.0 Å². The van der Waals surface area contributed by atoms with Gasteiger partial charge in [0.2, 0.25) is 41.4 Å². The lowest BCUT2D eigenvalue weighted by molar-refractivity contribution is -0.143. The number of hydrogen-bond donors (Lipinski definition) is 12. The molecule has 0 aliphatic carbocycles. The van der Waals surface area contributed by atoms with E-state index >= 15 is 0 Å². The summed E-state index contributed by atoms with van der Waals surface area (Å²) in [6.45, 7) is 8.21. The number of thioether (sulfide) groups is 1. The van der Waals surface area contributed by atoms with Gasteiger partial charge in [-0.05, 0) is 69.4 Å². The van der Waals surface area contributed by atoms with Crippen LogP contribution in [-0.4, -0.2) is 165 Å². The SMILES string of the molecule is CCC(C)[C@H](NC(=O)[C@@H]1CCCN1C[C@H](Cc1ccccc1)NC(=O)[C@H](CC(N)=O)NC(=O)[C@H](CC(C)C)NC(=O)[C@@H](NC(=O)CCCCC1SCC2NC(=O)NC21)C(C)O)C(=O)N[C@@H](CO)C(=O)O. The molecular formula is C47H74N10O12S. The second-order valence-electron chi connectivity index (χ2n) is 19.1. The van der Waals surface area contributed by atoms with Gasteiger partial charge in [0.1, 0.15) is 30.2 Å². The molecule has 5 unspecified atom stereocenters. The fourth-order valence-electron chi connectivity index (χ4n) is 8.96. The number of carbonyl (C=O) groups excluding carboxylic acids is 8. The molecule has 0 radical (unpaired) electrons. The molecule has 3 aliphatic heterocycles. The average molecular weight is 1000 g/mol. The minimum Gasteiger partial charge on any atom is -0.480 e. The molecule has 22 nitrogen and oxygen atoms in total. The Labute approximate surface area is 413 Å². The third kappa shape index (κ3) is 17.4. The number of fused-ring (bicyclic) bond motifs is 1. The Morgan fingerprint density at radius 3 is 2.13 bits per heavy atom. The second-order valence-corrected chi connectivity index (χ2v) is 20.3. The number of carboxylic acid groups (broad SMARTS) is 1. The molecule has 3 fully saturated rings. The van der Waals surface area contributed by atoms with E-state index in [1.54, 1.807) is 32.5 Å². The highest BCUT2D eigenvalue weighted by molar-refractivity contribution is 8.00. The molecule has 0 saturated carbocycles. The van der Waals surface area contributed by atoms with Crippen LogP contribution in [0.2, 0.25) is 0 Å². The Hall–Kier alpha value is -5.52. The number of nitrogens with zero attached hydrogens (tertiary/aromatic N) is 1. The Bertz CT molecular complexity index is 1980. The normalized spacial score (nSPS) is 22.1. The molecule has 1 aromatic carbocycles. The van der Waals surface area contributed by atoms with Crippen LogP contribution < -0.4 is 48.3 Å². The number of aliphatic hydroxyl groups is 2. The Morgan fingerprint density at radius 1 is 0.843 bits per heavy atom. The van der Waals surface area contributed by atoms with Gasteiger partial charge in [0.15, 0.2) is 0 Å². The van der Waals surface area contributed by atoms with Gasteiger partial charge in [-0.1, -0.05) is 70.9 Å². The highest BCUT2D eigenvalue weighted by Crippen LogP contribution is 2.33. The van der Waals surface area contributed by atoms with E-state index in [1.807, 2.05) is 42.2 Å². The first-order chi connectivity index (χ1) is 33.2. The fraction of sp³-hybridized carbons (Fsp3) is 0.681. The smallest absolute Gasteiger partial charge is 0.328 e. The van der Waals surface area contributed by atoms with Crippen molar-refractivity contribution >= 4 is 65.1 Å². The van der Waals surface area contributed by atoms with Crippen molar-refractivity contribution in [2.75, 3.05) is 25.4 Å². The number of rotatable bonds is 29. The van der Waals surface area contributed by atoms with Crippen molar-refractivity contribution < 1.29 is 58.5 Å². The predicted molar refractivity (Wildman–Crippen MR) is 259 cm³/mol. The van der Waals surface area contributed by atoms with Gasteiger partial charge in [-0.2, -0.15) is 11.8 Å². The van der Waals surface area contributed by atoms with E-state index in [0.717, 1.165) is 17.7 Å². The number of carboxylic acids is 1. The Balaban J connectivity index is 1.43. The van der Waals surface area contributed by atoms with Crippen molar-refractivity contribution in [1.82, 2.24) is 47.4 Å². The summed E-state index contributed by atoms with van der Waals surface area (Å²) >= 11 is 1.77. The summed E-state index contributed by atoms with van der Waals surface area (Å²) in [5.74, 6) is -6.23. The number of aliphatic carboxylic acids is 1. The van der Waals surface area contributed by atoms with Gasteiger partial charge in [-0.25, -0.2) is 9.59 Å². The van der Waals surface area contributed by atoms with E-state index in [2.05, 4.69) is 42.5 Å². The van der Waals surface area contributed by atoms with Crippen molar-refractivity contribution in [2.24, 2.45) is 17.6 Å². The number of aliphatic hydroxyl groups excluding tert-OH is 2. The maximum Gasteiger partial charge on any atom is 0.328 e. The number of carbonyl (C=O) groups is 9. The molecule has 3 saturated heterocycles. The van der Waals surface area contributed by atoms with Crippen LogP contribution in [0.15, 0.2) is 30.3 Å². The maximum absolute atomic E-state index is 14.2. The zero-order valence-corrected chi connectivity index (χ0v) is 41.6. The molecule has 13 N–H and O–H groups in total. The minimum atomic E-state index is -1.56. The molecule has 3 aliphatic rings. The molecule has 12 atom stereocenters. The van der Waals surface area contributed by atoms with Crippen LogP contribution in [0, 0.1) is 11.8 Å². The summed E-state index contributed by atoms with van der Waals surface area (Å²) in [5.41, 5.74) is 6.42. The van der Waals surface area contributed by atoms with Gasteiger partial charge in [0, 0.05) is 30.0 Å². The van der Waals surface area contributed by atoms with Crippen molar-refractivity contribution in [2.45, 2.75) is 165 Å². The molecule has 1 aromatic rings. The van der Waals surface area contributed by atoms with Gasteiger partial charge in [0.25, 0.3) is 0 Å². The van der Waals surface area contributed by atoms with E-state index in [9.17, 15) is 58.5 Å². The van der Waals surface area contributed by atoms with Gasteiger partial charge in [0.05, 0.1) is 37.3 Å². The molecule has 0 bridgehead atoms. The molecule has 390 valence electrons. The first kappa shape index (κ1) is 57.1. The zero-order chi connectivity index (χ0) is 51.7. The number of likely N-dealkylation sites (tertiary alicyclic amines) is 1. The average Bonchev–Trinajstić information content (AvgIpc) is 4.03. The van der Waals surface area contributed by atoms with E-state index in [0.29, 0.717) is 38.6 Å². The quantitative estimate of drug-likeness (QED) is 0.0330. The van der Waals surface area contributed by atoms with Gasteiger partial charge in [-0.15, -0.1) is 0 Å². The summed E-state index contributed by atoms with van der Waals surface area (Å²) in [6.07, 6.45) is 1.91. The van der Waals surface area contributed by atoms with E-state index < -0.39 is 115 Å². The van der Waals surface area contributed by atoms with Crippen molar-refractivity contribution in [3.05, 3.63) is 35.9 Å². The molecule has 9 amide bonds. The number of benzene rings is 1. The minimum absolute atomic E-state index is 0.0365. The number of urea groups is 1. The van der Waals surface area contributed by atoms with Crippen LogP contribution in [-0.2, 0) is 44.8 Å². The lowest BCUT2D eigenvalue weighted by Crippen LogP contribution is -2.60. The summed E-state index contributed by atoms with van der Waals surface area (Å²) < 4.78 is 0. The molecule has 70 heavy (non-hydrogen) atoms. The van der Waals surface area contributed by atoms with Crippen molar-refractivity contribution in [1.29, 1.82) is 0 Å². The van der Waals surface area contributed by atoms with E-state index in [1.165, 1.54) is 6.92 Å². The highest BCUT2D eigenvalue weighted by Gasteiger charge is 2.43. The number of primary amides is 1. The van der Waals surface area contributed by atoms with Crippen molar-refractivity contribution in [3.63, 3.8) is 0 Å². The molecule has 23 heteroatoms. The zero-order valence-electron chi connectivity index (χ0n) is 40.7. The van der Waals surface area contributed by atoms with Crippen LogP contribution in [0.25, 0.3) is 0 Å². The number of unbranched alkanes of at least 4 members (excludes halogenated alkanes) is 1. The van der Waals surface area contributed by atoms with Gasteiger partial charge < -0.3 is 63.6 Å². The monoisotopic (exact) mass is 1000 g/mol. The van der Waals surface area contributed by atoms with Crippen LogP contribution in [0.1, 0.15) is 98.0 Å². The van der Waals surface area contributed by atoms with Crippen LogP contribution >= 0.6 is 11.8 Å². The Morgan fingerprint density at radius 2 is 1.50 bits per heavy atom. The lowest BCUT2D eigenvalue weighted by atomic mass is 9.97. The summed E-state index contributed by atoms with van der Waals surface area (Å²) in [6, 6.07) is 0.804. The predicted octanol–water partition coefficient (Wildman–Crippen LogP) is -1.25. The molecule has 0 aromatic heterocycles. The summed E-state index contributed by atoms with van der Waals surface area (Å²) in [5, 5.41) is 51.4. The summed E-state index contributed by atoms with van der Waals surface area (Å²) in [7, 11) is 0. The molecule has 4 rings (SSSR count). The first-order valence-electron chi connectivity index (χ1n) is 24.3. The fourth-order valence-corrected chi connectivity index (χ4v) is 10.5. The van der Waals surface area contributed by atoms with E-state index in [4.69, 9.17) is 5.73 Å². The third-order valence-electron chi connectivity index (χ3n) is 12.9. The maximum atomic E-state index is 14.2. The standard InChI is InChI=1S/C47H74N10O12S/c1-6-26(4)38(44(65)52-32(23-58)46(67)68)55-43(64)34-15-12-18-57(34)22-29(20-28-13-8-7-9-14-28)49-41(62)31(21-36(48)60)50-42(63)30(19-25(2)3)51-45(66)39(27(5)59)54-37(61)17-11-10-16-35-40-33(24-70-35)53-47(69)56-40/h7-9,13-14,25-27,29-35,38-40,58-59H,6,10-12,15-24H2,1-5H3,(H2,48,60)(H,49,62)(H,50,63)(H,51,66)(H,52,65)(H,54,61)(H,55,64)(H,67,68)(H2,53,56,69)/t26?,27?,29-,30-,31-,32-,33?,34-,35?,38-,39-,40?/m0/s1. The first-order valence-corrected chi connectivity index (χ1v) is 25.3. The molecule has 3 heterocycles. The number of nitrogens with one attached hydrogen (secondary N) is 8. The largest absolute Gasteiger partial charge is 0.480 e. The van der Waals surface area contributed by atoms with Crippen LogP contribution in [0.3, 0.4) is 0 Å². The van der Waals surface area contributed by atoms with Crippen LogP contribution in [0.5, 0.6) is 0 Å². The third-order valence-corrected chi connectivity index (χ3v) is 14.4. The summed E-state index contributed by atoms with van der Waals surface area (Å²) in [4.78, 5) is 120. The van der Waals surface area contributed by atoms with Crippen molar-refractivity contribution in [3.8, 4) is 0 Å². The molecular weight excluding hydrogens is 929 g/mol. The lowest BCUT2D eigenvalue weighted by Gasteiger charge is -2.32. The Kier molecular flexibility index (Phi) is 22.6. The number of nitrogens with two attached hydrogens (primary N) is 1. The van der Waals surface area contributed by atoms with E-state index in [-0.39, 0.29) is 55.1 Å². The second kappa shape index (κ2) is 27.8. The number of amides is 9. The topological polar surface area (TPSA) is 340 Å². The number of hydrogen-bond acceptors (Lipinski definition) is 13.